The molecule has 0 bridgehead atoms. The van der Waals surface area contributed by atoms with Gasteiger partial charge in [-0.25, -0.2) is 8.42 Å². The first-order valence-electron chi connectivity index (χ1n) is 7.46. The molecule has 1 aromatic carbocycles. The van der Waals surface area contributed by atoms with Gasteiger partial charge in [0.2, 0.25) is 0 Å². The number of pyridine rings is 1. The Labute approximate surface area is 141 Å². The summed E-state index contributed by atoms with van der Waals surface area (Å²) in [6.07, 6.45) is 3.36. The number of methoxy groups -OCH3 is 1. The van der Waals surface area contributed by atoms with Crippen molar-refractivity contribution in [1.29, 1.82) is 0 Å². The zero-order valence-corrected chi connectivity index (χ0v) is 14.4. The van der Waals surface area contributed by atoms with Crippen molar-refractivity contribution >= 4 is 15.7 Å². The number of sulfone groups is 1. The fourth-order valence-corrected chi connectivity index (χ4v) is 3.29. The van der Waals surface area contributed by atoms with E-state index in [-0.39, 0.29) is 29.2 Å². The van der Waals surface area contributed by atoms with Gasteiger partial charge in [-0.05, 0) is 42.8 Å². The molecule has 7 heteroatoms. The Balaban J connectivity index is 2.06. The van der Waals surface area contributed by atoms with E-state index < -0.39 is 9.84 Å². The van der Waals surface area contributed by atoms with Crippen LogP contribution in [0.5, 0.6) is 0 Å². The van der Waals surface area contributed by atoms with E-state index in [0.717, 1.165) is 5.56 Å². The summed E-state index contributed by atoms with van der Waals surface area (Å²) in [7, 11) is -1.95. The third kappa shape index (κ3) is 4.62. The molecule has 1 aromatic heterocycles. The second kappa shape index (κ2) is 8.03. The van der Waals surface area contributed by atoms with Crippen molar-refractivity contribution in [2.75, 3.05) is 19.5 Å². The Kier molecular flexibility index (Phi) is 6.05. The van der Waals surface area contributed by atoms with Crippen LogP contribution in [0.1, 0.15) is 28.9 Å². The lowest BCUT2D eigenvalue weighted by Gasteiger charge is -2.14. The van der Waals surface area contributed by atoms with Gasteiger partial charge in [0.05, 0.1) is 23.3 Å². The maximum Gasteiger partial charge on any atom is 0.251 e. The van der Waals surface area contributed by atoms with E-state index in [1.54, 1.807) is 18.5 Å². The monoisotopic (exact) mass is 348 g/mol. The predicted octanol–water partition coefficient (Wildman–Crippen LogP) is 1.99. The molecule has 2 rings (SSSR count). The molecule has 1 N–H and O–H groups in total. The van der Waals surface area contributed by atoms with Crippen LogP contribution in [0.3, 0.4) is 0 Å². The first-order valence-corrected chi connectivity index (χ1v) is 9.12. The molecule has 0 saturated carbocycles. The Hall–Kier alpha value is -2.25. The Bertz CT molecular complexity index is 774. The van der Waals surface area contributed by atoms with Crippen molar-refractivity contribution in [3.63, 3.8) is 0 Å². The van der Waals surface area contributed by atoms with Crippen LogP contribution in [0.4, 0.5) is 0 Å². The molecule has 24 heavy (non-hydrogen) atoms. The topological polar surface area (TPSA) is 85.4 Å². The van der Waals surface area contributed by atoms with Crippen molar-refractivity contribution in [3.8, 4) is 0 Å². The normalized spacial score (nSPS) is 12.6. The van der Waals surface area contributed by atoms with Crippen molar-refractivity contribution in [3.05, 3.63) is 59.9 Å². The zero-order chi connectivity index (χ0) is 17.6. The number of carbonyl (C=O) groups excluding carboxylic acids is 1. The molecule has 1 atom stereocenters. The van der Waals surface area contributed by atoms with Crippen LogP contribution in [0.15, 0.2) is 53.7 Å². The molecule has 0 unspecified atom stereocenters. The van der Waals surface area contributed by atoms with Crippen LogP contribution in [0.2, 0.25) is 0 Å². The van der Waals surface area contributed by atoms with Gasteiger partial charge in [-0.15, -0.1) is 0 Å². The van der Waals surface area contributed by atoms with E-state index in [1.165, 1.54) is 31.4 Å². The van der Waals surface area contributed by atoms with Crippen molar-refractivity contribution in [2.45, 2.75) is 17.9 Å². The van der Waals surface area contributed by atoms with Crippen LogP contribution in [-0.4, -0.2) is 38.8 Å². The minimum atomic E-state index is -3.40. The van der Waals surface area contributed by atoms with Gasteiger partial charge in [0.1, 0.15) is 0 Å². The SMILES string of the molecule is COCCS(=O)(=O)c1ccc(C(=O)N[C@@H](C)c2cccnc2)cc1. The Morgan fingerprint density at radius 2 is 1.96 bits per heavy atom. The molecule has 1 amide bonds. The highest BCUT2D eigenvalue weighted by Gasteiger charge is 2.16. The second-order valence-electron chi connectivity index (χ2n) is 5.32. The number of hydrogen-bond donors (Lipinski definition) is 1. The fourth-order valence-electron chi connectivity index (χ4n) is 2.12. The number of amides is 1. The number of aromatic nitrogens is 1. The lowest BCUT2D eigenvalue weighted by Crippen LogP contribution is -2.26. The molecule has 0 radical (unpaired) electrons. The maximum atomic E-state index is 12.3. The van der Waals surface area contributed by atoms with Crippen molar-refractivity contribution in [2.24, 2.45) is 0 Å². The van der Waals surface area contributed by atoms with E-state index in [9.17, 15) is 13.2 Å². The molecule has 6 nitrogen and oxygen atoms in total. The summed E-state index contributed by atoms with van der Waals surface area (Å²) in [4.78, 5) is 16.5. The highest BCUT2D eigenvalue weighted by molar-refractivity contribution is 7.91. The number of rotatable bonds is 7. The van der Waals surface area contributed by atoms with E-state index in [4.69, 9.17) is 4.74 Å². The summed E-state index contributed by atoms with van der Waals surface area (Å²) in [6.45, 7) is 1.99. The Morgan fingerprint density at radius 1 is 1.25 bits per heavy atom. The molecule has 128 valence electrons. The van der Waals surface area contributed by atoms with Crippen LogP contribution in [0.25, 0.3) is 0 Å². The van der Waals surface area contributed by atoms with E-state index in [0.29, 0.717) is 5.56 Å². The average molecular weight is 348 g/mol. The summed E-state index contributed by atoms with van der Waals surface area (Å²) in [5.74, 6) is -0.361. The number of hydrogen-bond acceptors (Lipinski definition) is 5. The molecular weight excluding hydrogens is 328 g/mol. The van der Waals surface area contributed by atoms with Gasteiger partial charge in [0, 0.05) is 25.1 Å². The molecule has 0 aliphatic rings. The summed E-state index contributed by atoms with van der Waals surface area (Å²) < 4.78 is 28.9. The highest BCUT2D eigenvalue weighted by atomic mass is 32.2. The third-order valence-corrected chi connectivity index (χ3v) is 5.26. The van der Waals surface area contributed by atoms with Gasteiger partial charge < -0.3 is 10.1 Å². The Morgan fingerprint density at radius 3 is 2.54 bits per heavy atom. The van der Waals surface area contributed by atoms with Gasteiger partial charge in [-0.2, -0.15) is 0 Å². The van der Waals surface area contributed by atoms with Gasteiger partial charge in [0.25, 0.3) is 5.91 Å². The van der Waals surface area contributed by atoms with E-state index >= 15 is 0 Å². The number of ether oxygens (including phenoxy) is 1. The number of nitrogens with one attached hydrogen (secondary N) is 1. The molecule has 0 aliphatic heterocycles. The van der Waals surface area contributed by atoms with Crippen LogP contribution < -0.4 is 5.32 Å². The molecule has 1 heterocycles. The zero-order valence-electron chi connectivity index (χ0n) is 13.6. The lowest BCUT2D eigenvalue weighted by molar-refractivity contribution is 0.0939. The maximum absolute atomic E-state index is 12.3. The largest absolute Gasteiger partial charge is 0.384 e. The van der Waals surface area contributed by atoms with Crippen molar-refractivity contribution in [1.82, 2.24) is 10.3 Å². The minimum Gasteiger partial charge on any atom is -0.384 e. The first-order chi connectivity index (χ1) is 11.4. The van der Waals surface area contributed by atoms with E-state index in [2.05, 4.69) is 10.3 Å². The first kappa shape index (κ1) is 18.1. The molecule has 2 aromatic rings. The second-order valence-corrected chi connectivity index (χ2v) is 7.43. The predicted molar refractivity (Wildman–Crippen MR) is 90.5 cm³/mol. The van der Waals surface area contributed by atoms with Gasteiger partial charge in [0.15, 0.2) is 9.84 Å². The molecular formula is C17H20N2O4S. The van der Waals surface area contributed by atoms with Gasteiger partial charge in [-0.1, -0.05) is 6.07 Å². The van der Waals surface area contributed by atoms with Gasteiger partial charge in [-0.3, -0.25) is 9.78 Å². The van der Waals surface area contributed by atoms with E-state index in [1.807, 2.05) is 13.0 Å². The summed E-state index contributed by atoms with van der Waals surface area (Å²) in [5, 5.41) is 2.86. The van der Waals surface area contributed by atoms with Crippen LogP contribution >= 0.6 is 0 Å². The molecule has 0 aliphatic carbocycles. The number of carbonyl (C=O) groups is 1. The number of nitrogens with zero attached hydrogens (tertiary/aromatic N) is 1. The number of benzene rings is 1. The van der Waals surface area contributed by atoms with Crippen LogP contribution in [0, 0.1) is 0 Å². The molecule has 0 spiro atoms. The van der Waals surface area contributed by atoms with Crippen LogP contribution in [-0.2, 0) is 14.6 Å². The van der Waals surface area contributed by atoms with Crippen molar-refractivity contribution < 1.29 is 17.9 Å². The fraction of sp³-hybridized carbons (Fsp3) is 0.294. The third-order valence-electron chi connectivity index (χ3n) is 3.56. The van der Waals surface area contributed by atoms with Gasteiger partial charge >= 0.3 is 0 Å². The average Bonchev–Trinajstić information content (AvgIpc) is 2.60. The lowest BCUT2D eigenvalue weighted by atomic mass is 10.1. The summed E-state index contributed by atoms with van der Waals surface area (Å²) >= 11 is 0. The minimum absolute atomic E-state index is 0.0902. The smallest absolute Gasteiger partial charge is 0.251 e. The molecule has 0 saturated heterocycles. The highest BCUT2D eigenvalue weighted by Crippen LogP contribution is 2.15. The summed E-state index contributed by atoms with van der Waals surface area (Å²) in [5.41, 5.74) is 1.29. The summed E-state index contributed by atoms with van der Waals surface area (Å²) in [6, 6.07) is 9.37. The quantitative estimate of drug-likeness (QED) is 0.827. The molecule has 0 fully saturated rings. The standard InChI is InChI=1S/C17H20N2O4S/c1-13(15-4-3-9-18-12-15)19-17(20)14-5-7-16(8-6-14)24(21,22)11-10-23-2/h3-9,12-13H,10-11H2,1-2H3,(H,19,20)/t13-/m0/s1.